The largest absolute Gasteiger partial charge is 0.416 e. The van der Waals surface area contributed by atoms with Gasteiger partial charge in [0, 0.05) is 29.7 Å². The summed E-state index contributed by atoms with van der Waals surface area (Å²) in [6.45, 7) is 3.24. The maximum absolute atomic E-state index is 13.3. The molecule has 0 N–H and O–H groups in total. The minimum Gasteiger partial charge on any atom is -0.343 e. The third kappa shape index (κ3) is 4.96. The lowest BCUT2D eigenvalue weighted by atomic mass is 10.1. The second kappa shape index (κ2) is 8.82. The monoisotopic (exact) mass is 406 g/mol. The van der Waals surface area contributed by atoms with Crippen molar-refractivity contribution in [2.24, 2.45) is 4.99 Å². The maximum Gasteiger partial charge on any atom is 0.416 e. The summed E-state index contributed by atoms with van der Waals surface area (Å²) < 4.78 is 41.6. The van der Waals surface area contributed by atoms with Crippen LogP contribution in [0.5, 0.6) is 0 Å². The van der Waals surface area contributed by atoms with E-state index >= 15 is 0 Å². The van der Waals surface area contributed by atoms with Gasteiger partial charge in [-0.1, -0.05) is 49.6 Å². The smallest absolute Gasteiger partial charge is 0.343 e. The molecule has 2 nitrogen and oxygen atoms in total. The fraction of sp³-hybridized carbons (Fsp3) is 0.318. The van der Waals surface area contributed by atoms with Gasteiger partial charge in [-0.05, 0) is 42.3 Å². The molecular weight excluding hydrogens is 385 g/mol. The highest BCUT2D eigenvalue weighted by Crippen LogP contribution is 2.31. The number of alkyl halides is 3. The molecule has 0 saturated heterocycles. The molecule has 0 fully saturated rings. The highest BCUT2D eigenvalue weighted by atomic mass is 35.5. The number of hydrogen-bond donors (Lipinski definition) is 0. The molecule has 6 heteroatoms. The number of fused-ring (bicyclic) bond motifs is 1. The van der Waals surface area contributed by atoms with E-state index in [1.807, 2.05) is 22.8 Å². The number of halogens is 4. The van der Waals surface area contributed by atoms with E-state index < -0.39 is 11.7 Å². The Bertz CT molecular complexity index is 1000. The number of rotatable bonds is 6. The Hall–Kier alpha value is -2.27. The van der Waals surface area contributed by atoms with E-state index in [2.05, 4.69) is 11.9 Å². The van der Waals surface area contributed by atoms with Crippen molar-refractivity contribution in [1.82, 2.24) is 4.57 Å². The van der Waals surface area contributed by atoms with Gasteiger partial charge in [-0.25, -0.2) is 0 Å². The fourth-order valence-corrected chi connectivity index (χ4v) is 3.24. The Morgan fingerprint density at radius 2 is 1.75 bits per heavy atom. The van der Waals surface area contributed by atoms with Crippen LogP contribution in [-0.2, 0) is 12.7 Å². The van der Waals surface area contributed by atoms with Gasteiger partial charge in [0.05, 0.1) is 16.4 Å². The van der Waals surface area contributed by atoms with E-state index in [1.165, 1.54) is 12.1 Å². The van der Waals surface area contributed by atoms with Gasteiger partial charge in [0.1, 0.15) is 0 Å². The second-order valence-corrected chi connectivity index (χ2v) is 7.21. The quantitative estimate of drug-likeness (QED) is 0.418. The highest BCUT2D eigenvalue weighted by Gasteiger charge is 2.30. The van der Waals surface area contributed by atoms with Crippen LogP contribution in [0.3, 0.4) is 0 Å². The Morgan fingerprint density at radius 1 is 1.00 bits per heavy atom. The second-order valence-electron chi connectivity index (χ2n) is 6.77. The molecule has 0 amide bonds. The molecule has 28 heavy (non-hydrogen) atoms. The standard InChI is InChI=1S/C22H22ClF3N2/c1-2-3-4-12-27-20-11-13-28(15-16-5-8-18(23)9-6-16)21-14-17(22(24,25)26)7-10-19(20)21/h5-11,13-14H,2-4,12,15H2,1H3. The summed E-state index contributed by atoms with van der Waals surface area (Å²) >= 11 is 5.93. The van der Waals surface area contributed by atoms with Crippen LogP contribution >= 0.6 is 11.6 Å². The number of benzene rings is 2. The first-order valence-electron chi connectivity index (χ1n) is 9.34. The highest BCUT2D eigenvalue weighted by molar-refractivity contribution is 6.30. The summed E-state index contributed by atoms with van der Waals surface area (Å²) in [6.07, 6.45) is 0.568. The first kappa shape index (κ1) is 20.5. The number of unbranched alkanes of at least 4 members (excludes halogenated alkanes) is 2. The molecule has 0 aliphatic heterocycles. The molecule has 3 rings (SSSR count). The predicted octanol–water partition coefficient (Wildman–Crippen LogP) is 6.45. The van der Waals surface area contributed by atoms with Gasteiger partial charge in [-0.3, -0.25) is 4.99 Å². The van der Waals surface area contributed by atoms with Gasteiger partial charge in [0.25, 0.3) is 0 Å². The van der Waals surface area contributed by atoms with Gasteiger partial charge >= 0.3 is 6.18 Å². The minimum atomic E-state index is -4.39. The van der Waals surface area contributed by atoms with Crippen molar-refractivity contribution >= 4 is 22.5 Å². The normalized spacial score (nSPS) is 12.7. The van der Waals surface area contributed by atoms with E-state index in [1.54, 1.807) is 18.3 Å². The zero-order chi connectivity index (χ0) is 20.1. The molecule has 0 atom stereocenters. The molecule has 0 aliphatic rings. The Balaban J connectivity index is 2.08. The molecule has 0 saturated carbocycles. The van der Waals surface area contributed by atoms with E-state index in [0.29, 0.717) is 23.6 Å². The summed E-state index contributed by atoms with van der Waals surface area (Å²) in [7, 11) is 0. The number of aromatic nitrogens is 1. The van der Waals surface area contributed by atoms with Crippen LogP contribution in [0, 0.1) is 0 Å². The van der Waals surface area contributed by atoms with Gasteiger partial charge in [-0.15, -0.1) is 0 Å². The van der Waals surface area contributed by atoms with E-state index in [0.717, 1.165) is 41.6 Å². The average Bonchev–Trinajstić information content (AvgIpc) is 2.67. The molecule has 0 bridgehead atoms. The zero-order valence-electron chi connectivity index (χ0n) is 15.6. The molecule has 0 radical (unpaired) electrons. The number of hydrogen-bond acceptors (Lipinski definition) is 1. The average molecular weight is 407 g/mol. The number of nitrogens with zero attached hydrogens (tertiary/aromatic N) is 2. The lowest BCUT2D eigenvalue weighted by Gasteiger charge is -2.14. The Labute approximate surface area is 167 Å². The van der Waals surface area contributed by atoms with Crippen molar-refractivity contribution in [3.8, 4) is 0 Å². The Kier molecular flexibility index (Phi) is 6.45. The van der Waals surface area contributed by atoms with Crippen molar-refractivity contribution in [2.75, 3.05) is 6.54 Å². The summed E-state index contributed by atoms with van der Waals surface area (Å²) in [5, 5.41) is 2.08. The van der Waals surface area contributed by atoms with Crippen molar-refractivity contribution in [2.45, 2.75) is 38.9 Å². The summed E-state index contributed by atoms with van der Waals surface area (Å²) in [4.78, 5) is 4.61. The van der Waals surface area contributed by atoms with E-state index in [9.17, 15) is 13.2 Å². The van der Waals surface area contributed by atoms with E-state index in [4.69, 9.17) is 11.6 Å². The SMILES string of the molecule is CCCCCN=c1ccn(Cc2ccc(Cl)cc2)c2cc(C(F)(F)F)ccc12. The molecule has 0 unspecified atom stereocenters. The Morgan fingerprint density at radius 3 is 2.43 bits per heavy atom. The first-order valence-corrected chi connectivity index (χ1v) is 9.71. The van der Waals surface area contributed by atoms with Crippen LogP contribution in [0.4, 0.5) is 13.2 Å². The van der Waals surface area contributed by atoms with Crippen LogP contribution < -0.4 is 5.36 Å². The van der Waals surface area contributed by atoms with Crippen molar-refractivity contribution < 1.29 is 13.2 Å². The molecule has 2 aromatic carbocycles. The van der Waals surface area contributed by atoms with Crippen LogP contribution in [0.25, 0.3) is 10.9 Å². The minimum absolute atomic E-state index is 0.449. The maximum atomic E-state index is 13.3. The molecule has 148 valence electrons. The number of pyridine rings is 1. The molecule has 0 aliphatic carbocycles. The fourth-order valence-electron chi connectivity index (χ4n) is 3.12. The van der Waals surface area contributed by atoms with Gasteiger partial charge in [-0.2, -0.15) is 13.2 Å². The van der Waals surface area contributed by atoms with Crippen LogP contribution in [0.2, 0.25) is 5.02 Å². The predicted molar refractivity (Wildman–Crippen MR) is 107 cm³/mol. The van der Waals surface area contributed by atoms with Gasteiger partial charge in [0.15, 0.2) is 0 Å². The topological polar surface area (TPSA) is 17.3 Å². The molecule has 3 aromatic rings. The van der Waals surface area contributed by atoms with E-state index in [-0.39, 0.29) is 0 Å². The van der Waals surface area contributed by atoms with Crippen LogP contribution in [-0.4, -0.2) is 11.1 Å². The zero-order valence-corrected chi connectivity index (χ0v) is 16.4. The summed E-state index contributed by atoms with van der Waals surface area (Å²) in [5.74, 6) is 0. The van der Waals surface area contributed by atoms with Gasteiger partial charge < -0.3 is 4.57 Å². The molecule has 1 aromatic heterocycles. The lowest BCUT2D eigenvalue weighted by Crippen LogP contribution is -2.13. The van der Waals surface area contributed by atoms with Crippen molar-refractivity contribution in [1.29, 1.82) is 0 Å². The first-order chi connectivity index (χ1) is 13.4. The van der Waals surface area contributed by atoms with Gasteiger partial charge in [0.2, 0.25) is 0 Å². The molecule has 1 heterocycles. The third-order valence-corrected chi connectivity index (χ3v) is 4.88. The van der Waals surface area contributed by atoms with Crippen molar-refractivity contribution in [3.63, 3.8) is 0 Å². The van der Waals surface area contributed by atoms with Crippen LogP contribution in [0.15, 0.2) is 59.7 Å². The summed E-state index contributed by atoms with van der Waals surface area (Å²) in [6, 6.07) is 13.0. The third-order valence-electron chi connectivity index (χ3n) is 4.63. The van der Waals surface area contributed by atoms with Crippen molar-refractivity contribution in [3.05, 3.63) is 76.2 Å². The molecular formula is C22H22ClF3N2. The van der Waals surface area contributed by atoms with Crippen LogP contribution in [0.1, 0.15) is 37.3 Å². The summed E-state index contributed by atoms with van der Waals surface area (Å²) in [5.41, 5.74) is 0.815. The lowest BCUT2D eigenvalue weighted by molar-refractivity contribution is -0.137. The molecule has 0 spiro atoms.